The van der Waals surface area contributed by atoms with E-state index in [2.05, 4.69) is 22.9 Å². The van der Waals surface area contributed by atoms with Gasteiger partial charge in [0.1, 0.15) is 0 Å². The Morgan fingerprint density at radius 1 is 1.11 bits per heavy atom. The molecule has 0 aliphatic rings. The molecular formula is C16H23BrO2. The lowest BCUT2D eigenvalue weighted by Gasteiger charge is -2.11. The van der Waals surface area contributed by atoms with Crippen LogP contribution in [-0.4, -0.2) is 5.97 Å². The van der Waals surface area contributed by atoms with Gasteiger partial charge in [0, 0.05) is 12.0 Å². The van der Waals surface area contributed by atoms with Gasteiger partial charge in [0.2, 0.25) is 0 Å². The van der Waals surface area contributed by atoms with Gasteiger partial charge in [-0.2, -0.15) is 0 Å². The molecule has 0 spiro atoms. The van der Waals surface area contributed by atoms with Crippen LogP contribution in [0.2, 0.25) is 0 Å². The predicted molar refractivity (Wildman–Crippen MR) is 82.2 cm³/mol. The van der Waals surface area contributed by atoms with Gasteiger partial charge in [0.05, 0.1) is 0 Å². The van der Waals surface area contributed by atoms with Gasteiger partial charge in [-0.3, -0.25) is 4.79 Å². The molecule has 3 heteroatoms. The number of rotatable bonds is 9. The maximum Gasteiger partial charge on any atom is 0.307 e. The third-order valence-electron chi connectivity index (χ3n) is 3.03. The molecule has 0 aromatic heterocycles. The molecule has 0 saturated heterocycles. The van der Waals surface area contributed by atoms with E-state index in [0.717, 1.165) is 18.4 Å². The van der Waals surface area contributed by atoms with E-state index in [9.17, 15) is 4.79 Å². The second kappa shape index (κ2) is 10.0. The highest BCUT2D eigenvalue weighted by Gasteiger charge is 2.12. The molecule has 2 nitrogen and oxygen atoms in total. The molecule has 0 saturated carbocycles. The molecule has 0 aliphatic carbocycles. The maximum atomic E-state index is 11.7. The SMILES string of the molecule is CCCCCCCCC(=O)OC(Br)c1ccccc1. The van der Waals surface area contributed by atoms with Gasteiger partial charge in [0.25, 0.3) is 0 Å². The van der Waals surface area contributed by atoms with E-state index in [4.69, 9.17) is 4.74 Å². The van der Waals surface area contributed by atoms with Crippen molar-refractivity contribution in [3.63, 3.8) is 0 Å². The van der Waals surface area contributed by atoms with E-state index in [1.165, 1.54) is 25.7 Å². The minimum absolute atomic E-state index is 0.124. The molecule has 0 fully saturated rings. The molecule has 0 heterocycles. The summed E-state index contributed by atoms with van der Waals surface area (Å²) in [6, 6.07) is 9.70. The van der Waals surface area contributed by atoms with Gasteiger partial charge in [-0.1, -0.05) is 69.4 Å². The highest BCUT2D eigenvalue weighted by molar-refractivity contribution is 9.09. The van der Waals surface area contributed by atoms with E-state index < -0.39 is 0 Å². The van der Waals surface area contributed by atoms with Gasteiger partial charge in [-0.05, 0) is 22.4 Å². The quantitative estimate of drug-likeness (QED) is 0.346. The summed E-state index contributed by atoms with van der Waals surface area (Å²) in [5.74, 6) is -0.124. The van der Waals surface area contributed by atoms with Crippen molar-refractivity contribution in [1.82, 2.24) is 0 Å². The summed E-state index contributed by atoms with van der Waals surface area (Å²) >= 11 is 3.39. The average molecular weight is 327 g/mol. The van der Waals surface area contributed by atoms with Gasteiger partial charge < -0.3 is 4.74 Å². The van der Waals surface area contributed by atoms with E-state index in [0.29, 0.717) is 6.42 Å². The van der Waals surface area contributed by atoms with Crippen molar-refractivity contribution < 1.29 is 9.53 Å². The zero-order valence-electron chi connectivity index (χ0n) is 11.6. The molecule has 1 aromatic carbocycles. The lowest BCUT2D eigenvalue weighted by molar-refractivity contribution is -0.145. The zero-order chi connectivity index (χ0) is 13.9. The highest BCUT2D eigenvalue weighted by atomic mass is 79.9. The molecular weight excluding hydrogens is 304 g/mol. The van der Waals surface area contributed by atoms with Crippen LogP contribution in [0.4, 0.5) is 0 Å². The first-order valence-electron chi connectivity index (χ1n) is 7.12. The lowest BCUT2D eigenvalue weighted by atomic mass is 10.1. The van der Waals surface area contributed by atoms with Crippen LogP contribution in [0.25, 0.3) is 0 Å². The van der Waals surface area contributed by atoms with Crippen molar-refractivity contribution in [2.24, 2.45) is 0 Å². The van der Waals surface area contributed by atoms with E-state index in [1.54, 1.807) is 0 Å². The first-order chi connectivity index (χ1) is 9.24. The Balaban J connectivity index is 2.14. The molecule has 1 aromatic rings. The topological polar surface area (TPSA) is 26.3 Å². The smallest absolute Gasteiger partial charge is 0.307 e. The first kappa shape index (κ1) is 16.2. The Morgan fingerprint density at radius 2 is 1.74 bits per heavy atom. The molecule has 0 N–H and O–H groups in total. The van der Waals surface area contributed by atoms with Crippen molar-refractivity contribution in [3.05, 3.63) is 35.9 Å². The maximum absolute atomic E-state index is 11.7. The molecule has 106 valence electrons. The number of unbranched alkanes of at least 4 members (excludes halogenated alkanes) is 5. The molecule has 0 amide bonds. The number of halogens is 1. The number of carbonyl (C=O) groups is 1. The summed E-state index contributed by atoms with van der Waals surface area (Å²) in [5.41, 5.74) is 0.971. The minimum atomic E-state index is -0.332. The second-order valence-electron chi connectivity index (χ2n) is 4.73. The summed E-state index contributed by atoms with van der Waals surface area (Å²) in [6.45, 7) is 2.21. The Kier molecular flexibility index (Phi) is 8.55. The van der Waals surface area contributed by atoms with Gasteiger partial charge in [-0.15, -0.1) is 0 Å². The Hall–Kier alpha value is -0.830. The van der Waals surface area contributed by atoms with Crippen LogP contribution in [0.15, 0.2) is 30.3 Å². The second-order valence-corrected chi connectivity index (χ2v) is 5.57. The van der Waals surface area contributed by atoms with Crippen LogP contribution >= 0.6 is 15.9 Å². The standard InChI is InChI=1S/C16H23BrO2/c1-2-3-4-5-6-10-13-15(18)19-16(17)14-11-8-7-9-12-14/h7-9,11-12,16H,2-6,10,13H2,1H3. The summed E-state index contributed by atoms with van der Waals surface area (Å²) in [7, 11) is 0. The lowest BCUT2D eigenvalue weighted by Crippen LogP contribution is -2.06. The van der Waals surface area contributed by atoms with Crippen LogP contribution in [-0.2, 0) is 9.53 Å². The Bertz CT molecular complexity index is 351. The predicted octanol–water partition coefficient (Wildman–Crippen LogP) is 5.37. The molecule has 1 rings (SSSR count). The van der Waals surface area contributed by atoms with Crippen LogP contribution in [0.5, 0.6) is 0 Å². The van der Waals surface area contributed by atoms with Crippen LogP contribution in [0, 0.1) is 0 Å². The zero-order valence-corrected chi connectivity index (χ0v) is 13.2. The molecule has 0 radical (unpaired) electrons. The van der Waals surface area contributed by atoms with Gasteiger partial charge >= 0.3 is 5.97 Å². The Morgan fingerprint density at radius 3 is 2.42 bits per heavy atom. The monoisotopic (exact) mass is 326 g/mol. The number of benzene rings is 1. The van der Waals surface area contributed by atoms with Crippen molar-refractivity contribution in [1.29, 1.82) is 0 Å². The van der Waals surface area contributed by atoms with Crippen molar-refractivity contribution in [3.8, 4) is 0 Å². The van der Waals surface area contributed by atoms with Crippen molar-refractivity contribution in [2.45, 2.75) is 56.9 Å². The fraction of sp³-hybridized carbons (Fsp3) is 0.562. The van der Waals surface area contributed by atoms with E-state index >= 15 is 0 Å². The summed E-state index contributed by atoms with van der Waals surface area (Å²) in [6.07, 6.45) is 7.60. The molecule has 1 atom stereocenters. The normalized spacial score (nSPS) is 12.1. The number of ether oxygens (including phenoxy) is 1. The number of esters is 1. The van der Waals surface area contributed by atoms with Crippen LogP contribution < -0.4 is 0 Å². The van der Waals surface area contributed by atoms with Crippen molar-refractivity contribution >= 4 is 21.9 Å². The van der Waals surface area contributed by atoms with Crippen LogP contribution in [0.1, 0.15) is 62.4 Å². The fourth-order valence-corrected chi connectivity index (χ4v) is 2.41. The minimum Gasteiger partial charge on any atom is -0.446 e. The van der Waals surface area contributed by atoms with Crippen molar-refractivity contribution in [2.75, 3.05) is 0 Å². The number of carbonyl (C=O) groups excluding carboxylic acids is 1. The summed E-state index contributed by atoms with van der Waals surface area (Å²) in [4.78, 5) is 11.7. The summed E-state index contributed by atoms with van der Waals surface area (Å²) < 4.78 is 5.34. The molecule has 0 aliphatic heterocycles. The fourth-order valence-electron chi connectivity index (χ4n) is 1.90. The largest absolute Gasteiger partial charge is 0.446 e. The third-order valence-corrected chi connectivity index (χ3v) is 3.75. The first-order valence-corrected chi connectivity index (χ1v) is 8.04. The highest BCUT2D eigenvalue weighted by Crippen LogP contribution is 2.24. The summed E-state index contributed by atoms with van der Waals surface area (Å²) in [5, 5.41) is -0.332. The Labute approximate surface area is 124 Å². The van der Waals surface area contributed by atoms with E-state index in [1.807, 2.05) is 30.3 Å². The molecule has 19 heavy (non-hydrogen) atoms. The average Bonchev–Trinajstić information content (AvgIpc) is 2.43. The third kappa shape index (κ3) is 7.36. The van der Waals surface area contributed by atoms with Gasteiger partial charge in [-0.25, -0.2) is 0 Å². The van der Waals surface area contributed by atoms with Gasteiger partial charge in [0.15, 0.2) is 5.01 Å². The van der Waals surface area contributed by atoms with Crippen LogP contribution in [0.3, 0.4) is 0 Å². The number of hydrogen-bond acceptors (Lipinski definition) is 2. The molecule has 1 unspecified atom stereocenters. The van der Waals surface area contributed by atoms with E-state index in [-0.39, 0.29) is 11.0 Å². The number of hydrogen-bond donors (Lipinski definition) is 0. The number of alkyl halides is 1. The molecule has 0 bridgehead atoms.